The molecule has 0 saturated carbocycles. The van der Waals surface area contributed by atoms with E-state index < -0.39 is 17.4 Å². The van der Waals surface area contributed by atoms with Gasteiger partial charge >= 0.3 is 0 Å². The Morgan fingerprint density at radius 1 is 1.06 bits per heavy atom. The Morgan fingerprint density at radius 3 is 2.39 bits per heavy atom. The summed E-state index contributed by atoms with van der Waals surface area (Å²) in [5, 5.41) is 4.41. The highest BCUT2D eigenvalue weighted by molar-refractivity contribution is 7.15. The molecule has 8 nitrogen and oxygen atoms in total. The summed E-state index contributed by atoms with van der Waals surface area (Å²) in [4.78, 5) is 44.1. The van der Waals surface area contributed by atoms with Gasteiger partial charge in [0.15, 0.2) is 5.82 Å². The lowest BCUT2D eigenvalue weighted by Gasteiger charge is -2.18. The van der Waals surface area contributed by atoms with Crippen LogP contribution in [-0.4, -0.2) is 33.0 Å². The van der Waals surface area contributed by atoms with Crippen LogP contribution in [0.2, 0.25) is 0 Å². The van der Waals surface area contributed by atoms with Gasteiger partial charge in [-0.2, -0.15) is 9.50 Å². The van der Waals surface area contributed by atoms with Gasteiger partial charge < -0.3 is 5.73 Å². The number of aromatic nitrogens is 3. The molecule has 2 amide bonds. The molecule has 1 aliphatic rings. The summed E-state index contributed by atoms with van der Waals surface area (Å²) in [6.07, 6.45) is 0. The maximum Gasteiger partial charge on any atom is 0.291 e. The van der Waals surface area contributed by atoms with Crippen molar-refractivity contribution in [3.63, 3.8) is 0 Å². The first-order valence-corrected chi connectivity index (χ1v) is 11.2. The highest BCUT2D eigenvalue weighted by Crippen LogP contribution is 2.35. The van der Waals surface area contributed by atoms with E-state index in [1.54, 1.807) is 24.3 Å². The van der Waals surface area contributed by atoms with Crippen LogP contribution in [0.4, 0.5) is 5.69 Å². The minimum Gasteiger partial charge on any atom is -0.368 e. The zero-order valence-corrected chi connectivity index (χ0v) is 19.1. The molecule has 0 radical (unpaired) electrons. The molecule has 0 aliphatic carbocycles. The molecular weight excluding hydrogens is 438 g/mol. The van der Waals surface area contributed by atoms with E-state index >= 15 is 0 Å². The standard InChI is InChI=1S/C24H21N5O3S/c1-24(2,3)14-10-8-13(9-11-14)20-26-23-29(27-20)22(32)19(33-23)18-15-6-4-5-7-16(15)28(21(18)31)12-17(25)30/h4-11H,12H2,1-3H3,(H2,25,30). The number of carbonyl (C=O) groups is 2. The number of hydrogen-bond acceptors (Lipinski definition) is 6. The number of thiazole rings is 1. The molecule has 1 aliphatic heterocycles. The monoisotopic (exact) mass is 459 g/mol. The Morgan fingerprint density at radius 2 is 1.76 bits per heavy atom. The van der Waals surface area contributed by atoms with Crippen LogP contribution < -0.4 is 20.7 Å². The molecule has 0 atom stereocenters. The van der Waals surface area contributed by atoms with Crippen molar-refractivity contribution in [2.75, 3.05) is 11.4 Å². The van der Waals surface area contributed by atoms with Crippen molar-refractivity contribution in [3.8, 4) is 11.4 Å². The van der Waals surface area contributed by atoms with Crippen LogP contribution >= 0.6 is 11.3 Å². The number of benzene rings is 2. The van der Waals surface area contributed by atoms with Crippen molar-refractivity contribution in [3.05, 3.63) is 74.5 Å². The molecule has 0 spiro atoms. The number of anilines is 1. The number of nitrogens with zero attached hydrogens (tertiary/aromatic N) is 4. The first-order valence-electron chi connectivity index (χ1n) is 10.4. The second-order valence-electron chi connectivity index (χ2n) is 8.94. The van der Waals surface area contributed by atoms with Crippen LogP contribution in [0.1, 0.15) is 31.9 Å². The van der Waals surface area contributed by atoms with Crippen LogP contribution in [0, 0.1) is 0 Å². The Hall–Kier alpha value is -3.85. The number of amides is 2. The smallest absolute Gasteiger partial charge is 0.291 e. The van der Waals surface area contributed by atoms with E-state index in [1.807, 2.05) is 24.3 Å². The predicted molar refractivity (Wildman–Crippen MR) is 127 cm³/mol. The molecule has 5 rings (SSSR count). The van der Waals surface area contributed by atoms with Crippen LogP contribution in [0.5, 0.6) is 0 Å². The van der Waals surface area contributed by atoms with Gasteiger partial charge in [0, 0.05) is 11.1 Å². The molecule has 2 aromatic heterocycles. The Kier molecular flexibility index (Phi) is 4.68. The highest BCUT2D eigenvalue weighted by Gasteiger charge is 2.35. The average molecular weight is 460 g/mol. The molecule has 2 aromatic carbocycles. The van der Waals surface area contributed by atoms with Crippen LogP contribution in [-0.2, 0) is 15.0 Å². The SMILES string of the molecule is CC(C)(C)c1ccc(-c2nc3sc(=C4C(=O)N(CC(N)=O)c5ccccc54)c(=O)n3n2)cc1. The number of rotatable bonds is 3. The third kappa shape index (κ3) is 3.41. The largest absolute Gasteiger partial charge is 0.368 e. The molecule has 0 fully saturated rings. The first kappa shape index (κ1) is 21.0. The lowest BCUT2D eigenvalue weighted by Crippen LogP contribution is -2.37. The number of nitrogens with two attached hydrogens (primary N) is 1. The van der Waals surface area contributed by atoms with Gasteiger partial charge in [-0.25, -0.2) is 0 Å². The quantitative estimate of drug-likeness (QED) is 0.503. The first-order chi connectivity index (χ1) is 15.6. The molecule has 9 heteroatoms. The maximum absolute atomic E-state index is 13.2. The van der Waals surface area contributed by atoms with Gasteiger partial charge in [-0.05, 0) is 17.0 Å². The molecule has 4 aromatic rings. The van der Waals surface area contributed by atoms with Crippen molar-refractivity contribution in [2.24, 2.45) is 5.73 Å². The third-order valence-electron chi connectivity index (χ3n) is 5.63. The normalized spacial score (nSPS) is 15.4. The fraction of sp³-hybridized carbons (Fsp3) is 0.208. The molecule has 0 saturated heterocycles. The predicted octanol–water partition coefficient (Wildman–Crippen LogP) is 1.87. The number of hydrogen-bond donors (Lipinski definition) is 1. The highest BCUT2D eigenvalue weighted by atomic mass is 32.1. The van der Waals surface area contributed by atoms with Gasteiger partial charge in [-0.3, -0.25) is 19.3 Å². The molecule has 166 valence electrons. The number of primary amides is 1. The minimum absolute atomic E-state index is 0.0291. The Bertz CT molecular complexity index is 1540. The summed E-state index contributed by atoms with van der Waals surface area (Å²) in [5.74, 6) is -0.620. The fourth-order valence-electron chi connectivity index (χ4n) is 3.94. The van der Waals surface area contributed by atoms with E-state index in [0.717, 1.165) is 16.9 Å². The lowest BCUT2D eigenvalue weighted by atomic mass is 9.87. The number of carbonyl (C=O) groups excluding carboxylic acids is 2. The van der Waals surface area contributed by atoms with Gasteiger partial charge in [-0.15, -0.1) is 5.10 Å². The van der Waals surface area contributed by atoms with E-state index in [4.69, 9.17) is 5.73 Å². The Balaban J connectivity index is 1.63. The molecular formula is C24H21N5O3S. The molecule has 3 heterocycles. The average Bonchev–Trinajstić information content (AvgIpc) is 3.39. The summed E-state index contributed by atoms with van der Waals surface area (Å²) < 4.78 is 1.47. The van der Waals surface area contributed by atoms with E-state index in [0.29, 0.717) is 22.0 Å². The summed E-state index contributed by atoms with van der Waals surface area (Å²) in [6.45, 7) is 6.16. The van der Waals surface area contributed by atoms with Crippen LogP contribution in [0.25, 0.3) is 21.9 Å². The number of fused-ring (bicyclic) bond motifs is 2. The van der Waals surface area contributed by atoms with E-state index in [9.17, 15) is 14.4 Å². The zero-order chi connectivity index (χ0) is 23.5. The van der Waals surface area contributed by atoms with Gasteiger partial charge in [0.25, 0.3) is 11.5 Å². The van der Waals surface area contributed by atoms with Gasteiger partial charge in [0.2, 0.25) is 10.9 Å². The van der Waals surface area contributed by atoms with Gasteiger partial charge in [0.1, 0.15) is 11.1 Å². The summed E-state index contributed by atoms with van der Waals surface area (Å²) in [7, 11) is 0. The summed E-state index contributed by atoms with van der Waals surface area (Å²) >= 11 is 1.11. The van der Waals surface area contributed by atoms with E-state index in [1.165, 1.54) is 15.0 Å². The molecule has 0 bridgehead atoms. The van der Waals surface area contributed by atoms with Crippen molar-refractivity contribution < 1.29 is 9.59 Å². The third-order valence-corrected chi connectivity index (χ3v) is 6.66. The van der Waals surface area contributed by atoms with Crippen LogP contribution in [0.15, 0.2) is 53.3 Å². The Labute approximate surface area is 193 Å². The van der Waals surface area contributed by atoms with E-state index in [2.05, 4.69) is 30.9 Å². The second-order valence-corrected chi connectivity index (χ2v) is 9.92. The lowest BCUT2D eigenvalue weighted by molar-refractivity contribution is -0.119. The van der Waals surface area contributed by atoms with Crippen molar-refractivity contribution in [1.82, 2.24) is 14.6 Å². The number of para-hydroxylation sites is 1. The zero-order valence-electron chi connectivity index (χ0n) is 18.3. The maximum atomic E-state index is 13.2. The fourth-order valence-corrected chi connectivity index (χ4v) is 4.94. The summed E-state index contributed by atoms with van der Waals surface area (Å²) in [6, 6.07) is 15.0. The molecule has 2 N–H and O–H groups in total. The van der Waals surface area contributed by atoms with Crippen LogP contribution in [0.3, 0.4) is 0 Å². The van der Waals surface area contributed by atoms with Gasteiger partial charge in [-0.1, -0.05) is 74.6 Å². The summed E-state index contributed by atoms with van der Waals surface area (Å²) in [5.41, 5.74) is 8.32. The molecule has 0 unspecified atom stereocenters. The topological polar surface area (TPSA) is 111 Å². The van der Waals surface area contributed by atoms with Crippen molar-refractivity contribution in [2.45, 2.75) is 26.2 Å². The van der Waals surface area contributed by atoms with E-state index in [-0.39, 0.29) is 22.1 Å². The van der Waals surface area contributed by atoms with Gasteiger partial charge in [0.05, 0.1) is 11.3 Å². The molecule has 33 heavy (non-hydrogen) atoms. The second kappa shape index (κ2) is 7.35. The van der Waals surface area contributed by atoms with Crippen molar-refractivity contribution in [1.29, 1.82) is 0 Å². The minimum atomic E-state index is -0.633. The van der Waals surface area contributed by atoms with Crippen molar-refractivity contribution >= 4 is 39.4 Å².